The highest BCUT2D eigenvalue weighted by molar-refractivity contribution is 14.0. The van der Waals surface area contributed by atoms with Gasteiger partial charge >= 0.3 is 0 Å². The van der Waals surface area contributed by atoms with Gasteiger partial charge in [0, 0.05) is 24.4 Å². The van der Waals surface area contributed by atoms with E-state index in [1.165, 1.54) is 29.9 Å². The van der Waals surface area contributed by atoms with Crippen molar-refractivity contribution in [3.63, 3.8) is 0 Å². The van der Waals surface area contributed by atoms with Crippen molar-refractivity contribution in [3.8, 4) is 0 Å². The topological polar surface area (TPSA) is 65.5 Å². The average Bonchev–Trinajstić information content (AvgIpc) is 3.24. The van der Waals surface area contributed by atoms with E-state index in [2.05, 4.69) is 29.8 Å². The number of carbonyl (C=O) groups is 1. The van der Waals surface area contributed by atoms with Crippen molar-refractivity contribution in [1.29, 1.82) is 0 Å². The first-order valence-corrected chi connectivity index (χ1v) is 10.5. The molecule has 0 aromatic carbocycles. The summed E-state index contributed by atoms with van der Waals surface area (Å²) in [7, 11) is 0. The zero-order chi connectivity index (χ0) is 17.3. The van der Waals surface area contributed by atoms with Gasteiger partial charge < -0.3 is 16.0 Å². The second-order valence-corrected chi connectivity index (χ2v) is 8.74. The summed E-state index contributed by atoms with van der Waals surface area (Å²) in [5, 5.41) is 11.5. The smallest absolute Gasteiger partial charge is 0.261 e. The normalized spacial score (nSPS) is 20.0. The molecule has 0 saturated carbocycles. The maximum absolute atomic E-state index is 11.8. The van der Waals surface area contributed by atoms with E-state index in [4.69, 9.17) is 4.99 Å². The molecule has 0 radical (unpaired) electrons. The minimum atomic E-state index is 0. The molecule has 1 saturated heterocycles. The number of thiophene rings is 1. The number of thioether (sulfide) groups is 1. The number of halogens is 1. The number of nitrogens with zero attached hydrogens (tertiary/aromatic N) is 1. The summed E-state index contributed by atoms with van der Waals surface area (Å²) in [6.07, 6.45) is 3.41. The van der Waals surface area contributed by atoms with Gasteiger partial charge in [-0.05, 0) is 50.3 Å². The maximum atomic E-state index is 11.8. The summed E-state index contributed by atoms with van der Waals surface area (Å²) in [5.74, 6) is 2.13. The lowest BCUT2D eigenvalue weighted by Crippen LogP contribution is -2.39. The van der Waals surface area contributed by atoms with Crippen molar-refractivity contribution in [3.05, 3.63) is 22.4 Å². The first-order chi connectivity index (χ1) is 11.6. The molecular weight excluding hydrogens is 467 g/mol. The Kier molecular flexibility index (Phi) is 10.8. The molecule has 8 heteroatoms. The molecule has 3 N–H and O–H groups in total. The summed E-state index contributed by atoms with van der Waals surface area (Å²) >= 11 is 3.50. The van der Waals surface area contributed by atoms with Gasteiger partial charge in [0.2, 0.25) is 0 Å². The van der Waals surface area contributed by atoms with Crippen LogP contribution in [-0.4, -0.2) is 48.5 Å². The van der Waals surface area contributed by atoms with Gasteiger partial charge in [0.05, 0.1) is 11.4 Å². The SMILES string of the molecule is CCNC(=NCC1(C)CCCS1)NCCCNC(=O)c1cccs1.I. The van der Waals surface area contributed by atoms with Crippen molar-refractivity contribution >= 4 is 58.9 Å². The van der Waals surface area contributed by atoms with Crippen LogP contribution in [0.2, 0.25) is 0 Å². The number of hydrogen-bond donors (Lipinski definition) is 3. The Bertz CT molecular complexity index is 531. The Morgan fingerprint density at radius 2 is 2.12 bits per heavy atom. The van der Waals surface area contributed by atoms with Crippen molar-refractivity contribution < 1.29 is 4.79 Å². The minimum absolute atomic E-state index is 0. The largest absolute Gasteiger partial charge is 0.357 e. The zero-order valence-electron chi connectivity index (χ0n) is 15.0. The second-order valence-electron chi connectivity index (χ2n) is 6.11. The van der Waals surface area contributed by atoms with Crippen LogP contribution in [0.1, 0.15) is 42.8 Å². The molecule has 25 heavy (non-hydrogen) atoms. The molecule has 1 amide bonds. The molecule has 1 fully saturated rings. The van der Waals surface area contributed by atoms with Gasteiger partial charge in [-0.1, -0.05) is 6.07 Å². The number of amides is 1. The van der Waals surface area contributed by atoms with E-state index >= 15 is 0 Å². The third kappa shape index (κ3) is 8.17. The van der Waals surface area contributed by atoms with Gasteiger partial charge in [-0.15, -0.1) is 35.3 Å². The predicted molar refractivity (Wildman–Crippen MR) is 121 cm³/mol. The fourth-order valence-corrected chi connectivity index (χ4v) is 4.41. The summed E-state index contributed by atoms with van der Waals surface area (Å²) in [6.45, 7) is 7.53. The molecule has 0 spiro atoms. The molecule has 0 aliphatic carbocycles. The molecule has 2 rings (SSSR count). The molecule has 0 bridgehead atoms. The predicted octanol–water partition coefficient (Wildman–Crippen LogP) is 3.33. The molecule has 1 aromatic heterocycles. The second kappa shape index (κ2) is 12.0. The highest BCUT2D eigenvalue weighted by Crippen LogP contribution is 2.37. The molecule has 1 aliphatic rings. The fraction of sp³-hybridized carbons (Fsp3) is 0.647. The summed E-state index contributed by atoms with van der Waals surface area (Å²) < 4.78 is 0.289. The van der Waals surface area contributed by atoms with Crippen LogP contribution in [0.25, 0.3) is 0 Å². The van der Waals surface area contributed by atoms with Crippen LogP contribution in [0, 0.1) is 0 Å². The van der Waals surface area contributed by atoms with E-state index in [0.29, 0.717) is 6.54 Å². The van der Waals surface area contributed by atoms with E-state index in [9.17, 15) is 4.79 Å². The van der Waals surface area contributed by atoms with Gasteiger partial charge in [-0.25, -0.2) is 0 Å². The number of guanidine groups is 1. The van der Waals surface area contributed by atoms with Gasteiger partial charge in [0.1, 0.15) is 0 Å². The monoisotopic (exact) mass is 496 g/mol. The number of carbonyl (C=O) groups excluding carboxylic acids is 1. The van der Waals surface area contributed by atoms with Crippen molar-refractivity contribution in [2.45, 2.75) is 37.9 Å². The van der Waals surface area contributed by atoms with E-state index in [-0.39, 0.29) is 34.6 Å². The van der Waals surface area contributed by atoms with Crippen LogP contribution in [0.5, 0.6) is 0 Å². The summed E-state index contributed by atoms with van der Waals surface area (Å²) in [4.78, 5) is 17.3. The zero-order valence-corrected chi connectivity index (χ0v) is 18.9. The fourth-order valence-electron chi connectivity index (χ4n) is 2.54. The summed E-state index contributed by atoms with van der Waals surface area (Å²) in [5.41, 5.74) is 0. The number of nitrogens with one attached hydrogen (secondary N) is 3. The molecule has 1 unspecified atom stereocenters. The Hall–Kier alpha value is -0.480. The molecule has 2 heterocycles. The Balaban J connectivity index is 0.00000312. The van der Waals surface area contributed by atoms with Crippen LogP contribution >= 0.6 is 47.1 Å². The van der Waals surface area contributed by atoms with Crippen molar-refractivity contribution in [1.82, 2.24) is 16.0 Å². The lowest BCUT2D eigenvalue weighted by atomic mass is 10.1. The average molecular weight is 496 g/mol. The Morgan fingerprint density at radius 1 is 1.32 bits per heavy atom. The molecule has 1 aromatic rings. The standard InChI is InChI=1S/C17H28N4OS2.HI/c1-3-18-16(21-13-17(2)8-5-12-24-17)20-10-6-9-19-15(22)14-7-4-11-23-14;/h4,7,11H,3,5-6,8-10,12-13H2,1-2H3,(H,19,22)(H2,18,20,21);1H. The lowest BCUT2D eigenvalue weighted by Gasteiger charge is -2.21. The number of aliphatic imine (C=N–C) groups is 1. The van der Waals surface area contributed by atoms with E-state index in [1.54, 1.807) is 0 Å². The van der Waals surface area contributed by atoms with Crippen LogP contribution in [0.3, 0.4) is 0 Å². The quantitative estimate of drug-likeness (QED) is 0.224. The molecule has 1 aliphatic heterocycles. The van der Waals surface area contributed by atoms with Gasteiger partial charge in [0.25, 0.3) is 5.91 Å². The molecule has 5 nitrogen and oxygen atoms in total. The molecule has 142 valence electrons. The minimum Gasteiger partial charge on any atom is -0.357 e. The number of hydrogen-bond acceptors (Lipinski definition) is 4. The van der Waals surface area contributed by atoms with E-state index in [1.807, 2.05) is 29.3 Å². The molecular formula is C17H29IN4OS2. The van der Waals surface area contributed by atoms with Gasteiger partial charge in [-0.3, -0.25) is 9.79 Å². The molecule has 1 atom stereocenters. The highest BCUT2D eigenvalue weighted by atomic mass is 127. The van der Waals surface area contributed by atoms with Gasteiger partial charge in [-0.2, -0.15) is 11.8 Å². The Morgan fingerprint density at radius 3 is 2.76 bits per heavy atom. The third-order valence-corrected chi connectivity index (χ3v) is 6.28. The van der Waals surface area contributed by atoms with Crippen LogP contribution in [0.4, 0.5) is 0 Å². The van der Waals surface area contributed by atoms with E-state index < -0.39 is 0 Å². The van der Waals surface area contributed by atoms with E-state index in [0.717, 1.165) is 36.9 Å². The van der Waals surface area contributed by atoms with Crippen LogP contribution in [0.15, 0.2) is 22.5 Å². The Labute approximate surface area is 176 Å². The maximum Gasteiger partial charge on any atom is 0.261 e. The van der Waals surface area contributed by atoms with Crippen molar-refractivity contribution in [2.75, 3.05) is 31.9 Å². The van der Waals surface area contributed by atoms with Crippen LogP contribution < -0.4 is 16.0 Å². The van der Waals surface area contributed by atoms with Crippen molar-refractivity contribution in [2.24, 2.45) is 4.99 Å². The first kappa shape index (κ1) is 22.6. The number of rotatable bonds is 8. The first-order valence-electron chi connectivity index (χ1n) is 8.61. The lowest BCUT2D eigenvalue weighted by molar-refractivity contribution is 0.0957. The third-order valence-electron chi connectivity index (χ3n) is 3.89. The highest BCUT2D eigenvalue weighted by Gasteiger charge is 2.29. The van der Waals surface area contributed by atoms with Crippen LogP contribution in [-0.2, 0) is 0 Å². The van der Waals surface area contributed by atoms with Gasteiger partial charge in [0.15, 0.2) is 5.96 Å². The summed E-state index contributed by atoms with van der Waals surface area (Å²) in [6, 6.07) is 3.74.